The highest BCUT2D eigenvalue weighted by Gasteiger charge is 2.17. The van der Waals surface area contributed by atoms with Crippen molar-refractivity contribution in [2.45, 2.75) is 19.5 Å². The quantitative estimate of drug-likeness (QED) is 0.723. The van der Waals surface area contributed by atoms with Crippen LogP contribution in [0.25, 0.3) is 11.0 Å². The molecule has 2 atom stereocenters. The van der Waals surface area contributed by atoms with E-state index in [1.54, 1.807) is 18.2 Å². The van der Waals surface area contributed by atoms with Crippen LogP contribution in [0.4, 0.5) is 4.39 Å². The molecule has 5 heteroatoms. The molecule has 0 bridgehead atoms. The number of para-hydroxylation sites is 1. The molecule has 0 saturated heterocycles. The second-order valence-electron chi connectivity index (χ2n) is 6.38. The van der Waals surface area contributed by atoms with Crippen molar-refractivity contribution in [1.29, 1.82) is 0 Å². The second kappa shape index (κ2) is 7.49. The van der Waals surface area contributed by atoms with Gasteiger partial charge in [0.25, 0.3) is 5.91 Å². The van der Waals surface area contributed by atoms with Crippen LogP contribution in [0.3, 0.4) is 0 Å². The van der Waals surface area contributed by atoms with Crippen LogP contribution >= 0.6 is 0 Å². The molecule has 1 unspecified atom stereocenters. The molecular formula is C20H22FN2O2+. The average Bonchev–Trinajstić information content (AvgIpc) is 3.01. The average molecular weight is 341 g/mol. The van der Waals surface area contributed by atoms with Gasteiger partial charge in [0.1, 0.15) is 23.7 Å². The molecule has 0 spiro atoms. The lowest BCUT2D eigenvalue weighted by Gasteiger charge is -2.16. The number of furan rings is 1. The van der Waals surface area contributed by atoms with Crippen LogP contribution in [0.5, 0.6) is 0 Å². The Morgan fingerprint density at radius 1 is 1.20 bits per heavy atom. The first-order valence-corrected chi connectivity index (χ1v) is 8.35. The molecule has 0 saturated carbocycles. The van der Waals surface area contributed by atoms with Gasteiger partial charge in [0.05, 0.1) is 13.1 Å². The fourth-order valence-corrected chi connectivity index (χ4v) is 2.88. The summed E-state index contributed by atoms with van der Waals surface area (Å²) in [7, 11) is 1.87. The van der Waals surface area contributed by atoms with E-state index in [0.717, 1.165) is 21.6 Å². The van der Waals surface area contributed by atoms with Crippen molar-refractivity contribution in [2.75, 3.05) is 13.6 Å². The molecule has 1 amide bonds. The van der Waals surface area contributed by atoms with E-state index in [4.69, 9.17) is 4.42 Å². The maximum Gasteiger partial charge on any atom is 0.275 e. The van der Waals surface area contributed by atoms with Crippen molar-refractivity contribution in [2.24, 2.45) is 0 Å². The Hall–Kier alpha value is -2.66. The van der Waals surface area contributed by atoms with Crippen molar-refractivity contribution in [3.05, 3.63) is 71.7 Å². The van der Waals surface area contributed by atoms with E-state index in [2.05, 4.69) is 5.32 Å². The van der Waals surface area contributed by atoms with E-state index in [0.29, 0.717) is 12.1 Å². The minimum absolute atomic E-state index is 0.0956. The number of likely N-dealkylation sites (N-methyl/N-ethyl adjacent to an activating group) is 1. The molecule has 0 radical (unpaired) electrons. The third-order valence-electron chi connectivity index (χ3n) is 4.16. The summed E-state index contributed by atoms with van der Waals surface area (Å²) in [5, 5.41) is 3.96. The number of benzene rings is 2. The molecule has 3 rings (SSSR count). The molecule has 0 aliphatic carbocycles. The normalized spacial score (nSPS) is 13.6. The highest BCUT2D eigenvalue weighted by Crippen LogP contribution is 2.23. The number of nitrogens with one attached hydrogen (secondary N) is 2. The van der Waals surface area contributed by atoms with Gasteiger partial charge in [-0.05, 0) is 25.1 Å². The van der Waals surface area contributed by atoms with E-state index in [1.165, 1.54) is 6.07 Å². The van der Waals surface area contributed by atoms with Crippen molar-refractivity contribution >= 4 is 16.9 Å². The largest absolute Gasteiger partial charge is 0.459 e. The lowest BCUT2D eigenvalue weighted by molar-refractivity contribution is -0.885. The summed E-state index contributed by atoms with van der Waals surface area (Å²) < 4.78 is 19.5. The van der Waals surface area contributed by atoms with E-state index in [9.17, 15) is 9.18 Å². The summed E-state index contributed by atoms with van der Waals surface area (Å²) in [5.74, 6) is 0.390. The Morgan fingerprint density at radius 2 is 1.92 bits per heavy atom. The number of fused-ring (bicyclic) bond motifs is 1. The van der Waals surface area contributed by atoms with E-state index in [-0.39, 0.29) is 24.3 Å². The molecule has 0 fully saturated rings. The molecule has 4 nitrogen and oxygen atoms in total. The highest BCUT2D eigenvalue weighted by molar-refractivity contribution is 5.79. The predicted octanol–water partition coefficient (Wildman–Crippen LogP) is 2.46. The van der Waals surface area contributed by atoms with Crippen molar-refractivity contribution < 1.29 is 18.5 Å². The third-order valence-corrected chi connectivity index (χ3v) is 4.16. The third kappa shape index (κ3) is 4.25. The van der Waals surface area contributed by atoms with Gasteiger partial charge in [-0.2, -0.15) is 0 Å². The number of rotatable bonds is 6. The molecule has 2 aromatic carbocycles. The number of carbonyl (C=O) groups is 1. The fraction of sp³-hybridized carbons (Fsp3) is 0.250. The van der Waals surface area contributed by atoms with Crippen molar-refractivity contribution in [3.8, 4) is 0 Å². The number of halogens is 1. The lowest BCUT2D eigenvalue weighted by atomic mass is 10.2. The Kier molecular flexibility index (Phi) is 5.14. The van der Waals surface area contributed by atoms with Crippen LogP contribution in [0.1, 0.15) is 24.3 Å². The molecule has 25 heavy (non-hydrogen) atoms. The summed E-state index contributed by atoms with van der Waals surface area (Å²) in [6.45, 7) is 2.61. The topological polar surface area (TPSA) is 46.7 Å². The van der Waals surface area contributed by atoms with E-state index in [1.807, 2.05) is 44.3 Å². The molecular weight excluding hydrogens is 319 g/mol. The lowest BCUT2D eigenvalue weighted by Crippen LogP contribution is -3.09. The van der Waals surface area contributed by atoms with E-state index >= 15 is 0 Å². The molecule has 2 N–H and O–H groups in total. The minimum Gasteiger partial charge on any atom is -0.459 e. The number of amides is 1. The number of hydrogen-bond acceptors (Lipinski definition) is 2. The zero-order chi connectivity index (χ0) is 17.8. The predicted molar refractivity (Wildman–Crippen MR) is 94.6 cm³/mol. The number of hydrogen-bond donors (Lipinski definition) is 2. The molecule has 3 aromatic rings. The van der Waals surface area contributed by atoms with Crippen LogP contribution in [0, 0.1) is 5.82 Å². The Labute approximate surface area is 146 Å². The van der Waals surface area contributed by atoms with Crippen molar-refractivity contribution in [3.63, 3.8) is 0 Å². The monoisotopic (exact) mass is 341 g/mol. The first-order valence-electron chi connectivity index (χ1n) is 8.35. The fourth-order valence-electron chi connectivity index (χ4n) is 2.88. The van der Waals surface area contributed by atoms with Gasteiger partial charge in [0.15, 0.2) is 6.54 Å². The standard InChI is InChI=1S/C20H21FN2O2/c1-14(19-11-15-7-4-6-10-18(15)25-19)22-20(24)13-23(2)12-16-8-3-5-9-17(16)21/h3-11,14H,12-13H2,1-2H3,(H,22,24)/p+1/t14-/m0/s1. The summed E-state index contributed by atoms with van der Waals surface area (Å²) in [6.07, 6.45) is 0. The molecule has 0 aliphatic rings. The molecule has 1 aromatic heterocycles. The van der Waals surface area contributed by atoms with E-state index < -0.39 is 0 Å². The zero-order valence-electron chi connectivity index (χ0n) is 14.4. The van der Waals surface area contributed by atoms with Gasteiger partial charge in [-0.1, -0.05) is 36.4 Å². The van der Waals surface area contributed by atoms with Crippen LogP contribution in [0.2, 0.25) is 0 Å². The Balaban J connectivity index is 1.57. The molecule has 1 heterocycles. The number of quaternary nitrogens is 1. The number of carbonyl (C=O) groups excluding carboxylic acids is 1. The van der Waals surface area contributed by atoms with Crippen LogP contribution in [0.15, 0.2) is 59.0 Å². The van der Waals surface area contributed by atoms with Gasteiger partial charge in [0, 0.05) is 10.9 Å². The highest BCUT2D eigenvalue weighted by atomic mass is 19.1. The summed E-state index contributed by atoms with van der Waals surface area (Å²) in [4.78, 5) is 13.2. The van der Waals surface area contributed by atoms with Gasteiger partial charge in [0.2, 0.25) is 0 Å². The van der Waals surface area contributed by atoms with Gasteiger partial charge in [-0.25, -0.2) is 4.39 Å². The summed E-state index contributed by atoms with van der Waals surface area (Å²) in [5.41, 5.74) is 1.42. The second-order valence-corrected chi connectivity index (χ2v) is 6.38. The Bertz CT molecular complexity index is 842. The van der Waals surface area contributed by atoms with Crippen LogP contribution in [-0.4, -0.2) is 19.5 Å². The Morgan fingerprint density at radius 3 is 2.68 bits per heavy atom. The van der Waals surface area contributed by atoms with Gasteiger partial charge >= 0.3 is 0 Å². The maximum absolute atomic E-state index is 13.7. The summed E-state index contributed by atoms with van der Waals surface area (Å²) >= 11 is 0. The van der Waals surface area contributed by atoms with Gasteiger partial charge < -0.3 is 14.6 Å². The molecule has 130 valence electrons. The maximum atomic E-state index is 13.7. The first kappa shape index (κ1) is 17.2. The van der Waals surface area contributed by atoms with Gasteiger partial charge in [-0.3, -0.25) is 4.79 Å². The van der Waals surface area contributed by atoms with Gasteiger partial charge in [-0.15, -0.1) is 0 Å². The minimum atomic E-state index is -0.238. The van der Waals surface area contributed by atoms with Crippen LogP contribution in [-0.2, 0) is 11.3 Å². The SMILES string of the molecule is C[C@H](NC(=O)C[NH+](C)Cc1ccccc1F)c1cc2ccccc2o1. The van der Waals surface area contributed by atoms with Crippen LogP contribution < -0.4 is 10.2 Å². The molecule has 0 aliphatic heterocycles. The van der Waals surface area contributed by atoms with Crippen molar-refractivity contribution in [1.82, 2.24) is 5.32 Å². The summed E-state index contributed by atoms with van der Waals surface area (Å²) in [6, 6.07) is 16.1. The first-order chi connectivity index (χ1) is 12.0. The zero-order valence-corrected chi connectivity index (χ0v) is 14.4. The smallest absolute Gasteiger partial charge is 0.275 e.